The number of aromatic nitrogens is 4. The standard InChI is InChI=1S/C42H42F2N8O6/c1-41(11-12-41)21-51(35(53)18-47-40(57)58-2)20-34-45-17-33(48-34)24-5-9-28-27-8-4-22(14-29(27)42(43,44)30(28)15-24)23-6-10-31-32(16-23)50-38(49-31)37-25-3-7-26(13-25)52(37)36(54)19-46-39(55)56/h4-6,8-10,14-17,25-26,37,46H,3,7,11-13,18-21H2,1-2H3,(H,45,48)(H,47,57)(H,49,50)(H,55,56)/t25?,26?,37-/m0/s1. The molecule has 58 heavy (non-hydrogen) atoms. The van der Waals surface area contributed by atoms with E-state index in [-0.39, 0.29) is 66.0 Å². The zero-order valence-corrected chi connectivity index (χ0v) is 31.9. The average Bonchev–Trinajstić information content (AvgIpc) is 3.79. The Morgan fingerprint density at radius 3 is 2.38 bits per heavy atom. The van der Waals surface area contributed by atoms with Crippen LogP contribution < -0.4 is 10.6 Å². The van der Waals surface area contributed by atoms with E-state index >= 15 is 8.78 Å². The molecule has 3 atom stereocenters. The number of alkyl carbamates (subject to hydrolysis) is 1. The molecule has 2 unspecified atom stereocenters. The zero-order valence-electron chi connectivity index (χ0n) is 31.9. The highest BCUT2D eigenvalue weighted by atomic mass is 19.3. The van der Waals surface area contributed by atoms with E-state index in [2.05, 4.69) is 37.2 Å². The first-order chi connectivity index (χ1) is 27.8. The van der Waals surface area contributed by atoms with Crippen molar-refractivity contribution in [2.24, 2.45) is 11.3 Å². The van der Waals surface area contributed by atoms with Crippen molar-refractivity contribution >= 4 is 35.0 Å². The molecule has 2 aromatic heterocycles. The van der Waals surface area contributed by atoms with Crippen molar-refractivity contribution in [1.29, 1.82) is 0 Å². The Morgan fingerprint density at radius 1 is 0.948 bits per heavy atom. The number of piperidine rings is 1. The molecule has 2 saturated carbocycles. The molecule has 3 aliphatic carbocycles. The summed E-state index contributed by atoms with van der Waals surface area (Å²) in [6.45, 7) is 2.21. The van der Waals surface area contributed by atoms with Crippen LogP contribution in [0, 0.1) is 11.3 Å². The van der Waals surface area contributed by atoms with Gasteiger partial charge in [0.05, 0.1) is 42.6 Å². The molecule has 1 saturated heterocycles. The number of benzene rings is 3. The number of nitrogens with one attached hydrogen (secondary N) is 4. The summed E-state index contributed by atoms with van der Waals surface area (Å²) >= 11 is 0. The monoisotopic (exact) mass is 792 g/mol. The first kappa shape index (κ1) is 37.3. The van der Waals surface area contributed by atoms with Crippen LogP contribution in [0.25, 0.3) is 44.5 Å². The fourth-order valence-corrected chi connectivity index (χ4v) is 9.03. The highest BCUT2D eigenvalue weighted by molar-refractivity contribution is 5.88. The second kappa shape index (κ2) is 14.0. The normalized spacial score (nSPS) is 20.4. The highest BCUT2D eigenvalue weighted by Crippen LogP contribution is 2.53. The third kappa shape index (κ3) is 6.69. The zero-order chi connectivity index (χ0) is 40.5. The van der Waals surface area contributed by atoms with Crippen LogP contribution in [-0.2, 0) is 26.8 Å². The van der Waals surface area contributed by atoms with Crippen LogP contribution in [0.4, 0.5) is 18.4 Å². The summed E-state index contributed by atoms with van der Waals surface area (Å²) in [5, 5.41) is 13.7. The topological polar surface area (TPSA) is 186 Å². The Hall–Kier alpha value is -6.32. The highest BCUT2D eigenvalue weighted by Gasteiger charge is 2.50. The summed E-state index contributed by atoms with van der Waals surface area (Å²) in [4.78, 5) is 68.1. The molecule has 5 aromatic rings. The maximum Gasteiger partial charge on any atom is 0.407 e. The minimum Gasteiger partial charge on any atom is -0.465 e. The Bertz CT molecular complexity index is 2490. The third-order valence-corrected chi connectivity index (χ3v) is 12.3. The Balaban J connectivity index is 0.939. The maximum absolute atomic E-state index is 16.4. The van der Waals surface area contributed by atoms with Gasteiger partial charge in [0.1, 0.15) is 24.7 Å². The summed E-state index contributed by atoms with van der Waals surface area (Å²) in [6, 6.07) is 15.4. The molecule has 4 amide bonds. The number of aromatic amines is 2. The molecule has 5 N–H and O–H groups in total. The minimum atomic E-state index is -3.28. The van der Waals surface area contributed by atoms with Gasteiger partial charge < -0.3 is 40.2 Å². The number of alkyl halides is 2. The maximum atomic E-state index is 16.4. The summed E-state index contributed by atoms with van der Waals surface area (Å²) in [7, 11) is 1.23. The van der Waals surface area contributed by atoms with Crippen LogP contribution in [0.5, 0.6) is 0 Å². The number of hydrogen-bond acceptors (Lipinski definition) is 7. The SMILES string of the molecule is COC(=O)NCC(=O)N(Cc1ncc(-c2ccc3c(c2)C(F)(F)c2cc(-c4ccc5nc([C@@H]6C7CCC(C7)N6C(=O)CNC(=O)O)[nH]c5c4)ccc2-3)[nH]1)CC1(C)CC1. The van der Waals surface area contributed by atoms with Gasteiger partial charge in [0.2, 0.25) is 11.8 Å². The first-order valence-corrected chi connectivity index (χ1v) is 19.4. The van der Waals surface area contributed by atoms with E-state index in [4.69, 9.17) is 10.1 Å². The summed E-state index contributed by atoms with van der Waals surface area (Å²) in [5.41, 5.74) is 4.46. The number of carbonyl (C=O) groups is 4. The van der Waals surface area contributed by atoms with Crippen LogP contribution in [0.15, 0.2) is 60.8 Å². The number of hydrogen-bond donors (Lipinski definition) is 5. The summed E-state index contributed by atoms with van der Waals surface area (Å²) in [5.74, 6) is -2.53. The van der Waals surface area contributed by atoms with Crippen molar-refractivity contribution in [3.05, 3.63) is 83.6 Å². The van der Waals surface area contributed by atoms with Crippen molar-refractivity contribution < 1.29 is 37.8 Å². The number of fused-ring (bicyclic) bond motifs is 6. The number of halogens is 2. The summed E-state index contributed by atoms with van der Waals surface area (Å²) in [6.07, 6.45) is 4.24. The largest absolute Gasteiger partial charge is 0.465 e. The lowest BCUT2D eigenvalue weighted by atomic mass is 9.98. The van der Waals surface area contributed by atoms with Crippen molar-refractivity contribution in [2.75, 3.05) is 26.7 Å². The van der Waals surface area contributed by atoms with E-state index in [0.29, 0.717) is 57.2 Å². The predicted octanol–water partition coefficient (Wildman–Crippen LogP) is 6.54. The van der Waals surface area contributed by atoms with E-state index in [0.717, 1.165) is 37.7 Å². The smallest absolute Gasteiger partial charge is 0.407 e. The molecule has 0 radical (unpaired) electrons. The molecule has 9 rings (SSSR count). The summed E-state index contributed by atoms with van der Waals surface area (Å²) < 4.78 is 37.4. The van der Waals surface area contributed by atoms with E-state index in [1.165, 1.54) is 19.2 Å². The van der Waals surface area contributed by atoms with Crippen molar-refractivity contribution in [2.45, 2.75) is 63.6 Å². The van der Waals surface area contributed by atoms with Gasteiger partial charge in [0, 0.05) is 29.3 Å². The van der Waals surface area contributed by atoms with Gasteiger partial charge in [-0.05, 0) is 90.0 Å². The van der Waals surface area contributed by atoms with E-state index in [1.54, 1.807) is 34.2 Å². The molecule has 4 aliphatic rings. The van der Waals surface area contributed by atoms with Crippen molar-refractivity contribution in [3.63, 3.8) is 0 Å². The number of rotatable bonds is 11. The number of H-pyrrole nitrogens is 2. The van der Waals surface area contributed by atoms with Crippen LogP contribution in [0.2, 0.25) is 0 Å². The van der Waals surface area contributed by atoms with Crippen molar-refractivity contribution in [3.8, 4) is 33.5 Å². The number of methoxy groups -OCH3 is 1. The van der Waals surface area contributed by atoms with Gasteiger partial charge in [-0.15, -0.1) is 0 Å². The number of likely N-dealkylation sites (tertiary alicyclic amines) is 1. The minimum absolute atomic E-state index is 0.00304. The third-order valence-electron chi connectivity index (χ3n) is 12.3. The molecule has 2 bridgehead atoms. The van der Waals surface area contributed by atoms with Crippen LogP contribution in [0.3, 0.4) is 0 Å². The lowest BCUT2D eigenvalue weighted by molar-refractivity contribution is -0.135. The molecule has 300 valence electrons. The van der Waals surface area contributed by atoms with Gasteiger partial charge >= 0.3 is 12.2 Å². The molecule has 3 aromatic carbocycles. The Labute approximate surface area is 331 Å². The molecule has 14 nitrogen and oxygen atoms in total. The van der Waals surface area contributed by atoms with Gasteiger partial charge in [0.15, 0.2) is 0 Å². The van der Waals surface area contributed by atoms with Gasteiger partial charge in [0.25, 0.3) is 5.92 Å². The van der Waals surface area contributed by atoms with E-state index in [1.807, 2.05) is 24.3 Å². The lowest BCUT2D eigenvalue weighted by Gasteiger charge is -2.34. The molecular formula is C42H42F2N8O6. The molecule has 0 spiro atoms. The molecule has 3 fully saturated rings. The number of amides is 4. The van der Waals surface area contributed by atoms with Crippen molar-refractivity contribution in [1.82, 2.24) is 40.4 Å². The van der Waals surface area contributed by atoms with E-state index in [9.17, 15) is 19.2 Å². The number of imidazole rings is 2. The number of nitrogens with zero attached hydrogens (tertiary/aromatic N) is 4. The predicted molar refractivity (Wildman–Crippen MR) is 207 cm³/mol. The average molecular weight is 793 g/mol. The number of ether oxygens (including phenoxy) is 1. The molecular weight excluding hydrogens is 751 g/mol. The molecule has 3 heterocycles. The fraction of sp³-hybridized carbons (Fsp3) is 0.381. The van der Waals surface area contributed by atoms with Crippen LogP contribution in [0.1, 0.15) is 67.8 Å². The van der Waals surface area contributed by atoms with Crippen LogP contribution in [-0.4, -0.2) is 91.6 Å². The second-order valence-electron chi connectivity index (χ2n) is 16.2. The lowest BCUT2D eigenvalue weighted by Crippen LogP contribution is -2.45. The molecule has 16 heteroatoms. The Morgan fingerprint density at radius 2 is 1.66 bits per heavy atom. The quantitative estimate of drug-likeness (QED) is 0.0998. The number of carbonyl (C=O) groups excluding carboxylic acids is 3. The van der Waals surface area contributed by atoms with E-state index < -0.39 is 18.1 Å². The van der Waals surface area contributed by atoms with Gasteiger partial charge in [-0.25, -0.2) is 19.6 Å². The fourth-order valence-electron chi connectivity index (χ4n) is 9.03. The Kier molecular flexibility index (Phi) is 8.97. The first-order valence-electron chi connectivity index (χ1n) is 19.4. The van der Waals surface area contributed by atoms with Gasteiger partial charge in [-0.3, -0.25) is 9.59 Å². The second-order valence-corrected chi connectivity index (χ2v) is 16.2. The van der Waals surface area contributed by atoms with Crippen LogP contribution >= 0.6 is 0 Å². The number of carboxylic acid groups (broad SMARTS) is 1. The molecule has 1 aliphatic heterocycles. The van der Waals surface area contributed by atoms with Gasteiger partial charge in [-0.2, -0.15) is 8.78 Å². The van der Waals surface area contributed by atoms with Gasteiger partial charge in [-0.1, -0.05) is 37.3 Å².